The normalized spacial score (nSPS) is 11.3. The summed E-state index contributed by atoms with van der Waals surface area (Å²) in [6.07, 6.45) is -4.51. The van der Waals surface area contributed by atoms with Crippen molar-refractivity contribution in [2.24, 2.45) is 0 Å². The highest BCUT2D eigenvalue weighted by molar-refractivity contribution is 6.31. The number of hydrogen-bond donors (Lipinski definition) is 2. The second-order valence-electron chi connectivity index (χ2n) is 3.99. The second-order valence-corrected chi connectivity index (χ2v) is 4.39. The Morgan fingerprint density at radius 3 is 2.59 bits per heavy atom. The topological polar surface area (TPSA) is 75.1 Å². The van der Waals surface area contributed by atoms with Crippen molar-refractivity contribution < 1.29 is 27.5 Å². The van der Waals surface area contributed by atoms with Crippen molar-refractivity contribution in [3.63, 3.8) is 0 Å². The number of nitrogens with one attached hydrogen (secondary N) is 1. The second kappa shape index (κ2) is 5.76. The van der Waals surface area contributed by atoms with E-state index in [9.17, 15) is 22.4 Å². The highest BCUT2D eigenvalue weighted by Gasteiger charge is 2.38. The van der Waals surface area contributed by atoms with Gasteiger partial charge < -0.3 is 10.4 Å². The van der Waals surface area contributed by atoms with Crippen LogP contribution in [0.1, 0.15) is 16.1 Å². The third-order valence-corrected chi connectivity index (χ3v) is 2.78. The lowest BCUT2D eigenvalue weighted by atomic mass is 10.2. The van der Waals surface area contributed by atoms with Crippen molar-refractivity contribution >= 4 is 29.2 Å². The predicted octanol–water partition coefficient (Wildman–Crippen LogP) is 3.73. The van der Waals surface area contributed by atoms with E-state index < -0.39 is 35.2 Å². The number of anilines is 2. The summed E-state index contributed by atoms with van der Waals surface area (Å²) in [6, 6.07) is 3.82. The smallest absolute Gasteiger partial charge is 0.434 e. The maximum atomic E-state index is 13.7. The van der Waals surface area contributed by atoms with Gasteiger partial charge in [-0.15, -0.1) is 0 Å². The van der Waals surface area contributed by atoms with Crippen molar-refractivity contribution in [1.82, 2.24) is 9.97 Å². The molecule has 0 aliphatic carbocycles. The summed E-state index contributed by atoms with van der Waals surface area (Å²) in [6.45, 7) is 0. The first-order valence-corrected chi connectivity index (χ1v) is 5.96. The SMILES string of the molecule is O=C(O)c1cnc(Nc2cccc(Cl)c2F)nc1C(F)(F)F. The highest BCUT2D eigenvalue weighted by atomic mass is 35.5. The Bertz CT molecular complexity index is 737. The van der Waals surface area contributed by atoms with Crippen LogP contribution in [-0.2, 0) is 6.18 Å². The quantitative estimate of drug-likeness (QED) is 0.836. The Morgan fingerprint density at radius 1 is 1.32 bits per heavy atom. The van der Waals surface area contributed by atoms with Gasteiger partial charge in [0.15, 0.2) is 11.5 Å². The first kappa shape index (κ1) is 16.0. The van der Waals surface area contributed by atoms with E-state index in [0.29, 0.717) is 6.20 Å². The van der Waals surface area contributed by atoms with Crippen molar-refractivity contribution in [2.75, 3.05) is 5.32 Å². The summed E-state index contributed by atoms with van der Waals surface area (Å²) in [5, 5.41) is 10.7. The lowest BCUT2D eigenvalue weighted by molar-refractivity contribution is -0.141. The molecule has 5 nitrogen and oxygen atoms in total. The van der Waals surface area contributed by atoms with Crippen molar-refractivity contribution in [1.29, 1.82) is 0 Å². The standard InChI is InChI=1S/C12H6ClF4N3O2/c13-6-2-1-3-7(8(6)14)19-11-18-4-5(10(21)22)9(20-11)12(15,16)17/h1-4H,(H,21,22)(H,18,19,20). The molecule has 0 radical (unpaired) electrons. The molecule has 0 amide bonds. The molecule has 0 fully saturated rings. The molecular formula is C12H6ClF4N3O2. The van der Waals surface area contributed by atoms with Gasteiger partial charge in [-0.1, -0.05) is 17.7 Å². The summed E-state index contributed by atoms with van der Waals surface area (Å²) in [5.74, 6) is -3.34. The molecule has 0 aliphatic heterocycles. The van der Waals surface area contributed by atoms with Gasteiger partial charge in [0, 0.05) is 6.20 Å². The molecule has 0 saturated heterocycles. The van der Waals surface area contributed by atoms with Crippen LogP contribution < -0.4 is 5.32 Å². The van der Waals surface area contributed by atoms with E-state index in [1.165, 1.54) is 18.2 Å². The highest BCUT2D eigenvalue weighted by Crippen LogP contribution is 2.31. The molecule has 1 heterocycles. The predicted molar refractivity (Wildman–Crippen MR) is 68.7 cm³/mol. The van der Waals surface area contributed by atoms with Crippen LogP contribution in [0.4, 0.5) is 29.2 Å². The molecule has 0 bridgehead atoms. The van der Waals surface area contributed by atoms with E-state index in [2.05, 4.69) is 15.3 Å². The Balaban J connectivity index is 2.45. The molecule has 2 aromatic rings. The van der Waals surface area contributed by atoms with Crippen LogP contribution in [0.5, 0.6) is 0 Å². The summed E-state index contributed by atoms with van der Waals surface area (Å²) in [7, 11) is 0. The molecule has 0 saturated carbocycles. The minimum Gasteiger partial charge on any atom is -0.478 e. The van der Waals surface area contributed by atoms with Crippen molar-refractivity contribution in [3.05, 3.63) is 46.5 Å². The lowest BCUT2D eigenvalue weighted by Crippen LogP contribution is -2.17. The van der Waals surface area contributed by atoms with E-state index in [1.54, 1.807) is 0 Å². The largest absolute Gasteiger partial charge is 0.478 e. The molecular weight excluding hydrogens is 330 g/mol. The minimum atomic E-state index is -5.00. The molecule has 1 aromatic heterocycles. The third kappa shape index (κ3) is 3.25. The van der Waals surface area contributed by atoms with Gasteiger partial charge in [-0.3, -0.25) is 0 Å². The number of carboxylic acid groups (broad SMARTS) is 1. The summed E-state index contributed by atoms with van der Waals surface area (Å²) >= 11 is 5.54. The molecule has 0 spiro atoms. The van der Waals surface area contributed by atoms with Gasteiger partial charge in [0.25, 0.3) is 0 Å². The number of carboxylic acids is 1. The summed E-state index contributed by atoms with van der Waals surface area (Å²) < 4.78 is 52.0. The molecule has 1 aromatic carbocycles. The van der Waals surface area contributed by atoms with Crippen LogP contribution >= 0.6 is 11.6 Å². The molecule has 116 valence electrons. The fraction of sp³-hybridized carbons (Fsp3) is 0.0833. The summed E-state index contributed by atoms with van der Waals surface area (Å²) in [4.78, 5) is 17.3. The van der Waals surface area contributed by atoms with Crippen LogP contribution in [0.3, 0.4) is 0 Å². The number of alkyl halides is 3. The van der Waals surface area contributed by atoms with Crippen LogP contribution in [0, 0.1) is 5.82 Å². The number of nitrogens with zero attached hydrogens (tertiary/aromatic N) is 2. The zero-order chi connectivity index (χ0) is 16.5. The van der Waals surface area contributed by atoms with Gasteiger partial charge in [-0.2, -0.15) is 13.2 Å². The number of aromatic carboxylic acids is 1. The van der Waals surface area contributed by atoms with Crippen LogP contribution in [0.25, 0.3) is 0 Å². The molecule has 10 heteroatoms. The van der Waals surface area contributed by atoms with E-state index >= 15 is 0 Å². The average molecular weight is 336 g/mol. The first-order valence-electron chi connectivity index (χ1n) is 5.58. The van der Waals surface area contributed by atoms with Crippen molar-refractivity contribution in [2.45, 2.75) is 6.18 Å². The first-order chi connectivity index (χ1) is 10.2. The number of benzene rings is 1. The molecule has 0 aliphatic rings. The monoisotopic (exact) mass is 335 g/mol. The van der Waals surface area contributed by atoms with Crippen LogP contribution in [0.2, 0.25) is 5.02 Å². The molecule has 0 unspecified atom stereocenters. The van der Waals surface area contributed by atoms with E-state index in [-0.39, 0.29) is 10.7 Å². The Hall–Kier alpha value is -2.42. The fourth-order valence-corrected chi connectivity index (χ4v) is 1.71. The van der Waals surface area contributed by atoms with Gasteiger partial charge in [-0.25, -0.2) is 19.2 Å². The average Bonchev–Trinajstić information content (AvgIpc) is 2.42. The Morgan fingerprint density at radius 2 is 2.00 bits per heavy atom. The van der Waals surface area contributed by atoms with Gasteiger partial charge in [-0.05, 0) is 12.1 Å². The maximum absolute atomic E-state index is 13.7. The van der Waals surface area contributed by atoms with Gasteiger partial charge in [0.1, 0.15) is 5.56 Å². The number of aromatic nitrogens is 2. The van der Waals surface area contributed by atoms with Crippen molar-refractivity contribution in [3.8, 4) is 0 Å². The van der Waals surface area contributed by atoms with Crippen LogP contribution in [0.15, 0.2) is 24.4 Å². The molecule has 22 heavy (non-hydrogen) atoms. The van der Waals surface area contributed by atoms with Gasteiger partial charge >= 0.3 is 12.1 Å². The van der Waals surface area contributed by atoms with E-state index in [1.807, 2.05) is 0 Å². The van der Waals surface area contributed by atoms with Gasteiger partial charge in [0.05, 0.1) is 10.7 Å². The number of hydrogen-bond acceptors (Lipinski definition) is 4. The zero-order valence-corrected chi connectivity index (χ0v) is 11.2. The van der Waals surface area contributed by atoms with Crippen LogP contribution in [-0.4, -0.2) is 21.0 Å². The zero-order valence-electron chi connectivity index (χ0n) is 10.4. The number of carbonyl (C=O) groups is 1. The summed E-state index contributed by atoms with van der Waals surface area (Å²) in [5.41, 5.74) is -2.99. The fourth-order valence-electron chi connectivity index (χ4n) is 1.54. The van der Waals surface area contributed by atoms with E-state index in [4.69, 9.17) is 16.7 Å². The van der Waals surface area contributed by atoms with Gasteiger partial charge in [0.2, 0.25) is 5.95 Å². The Labute approximate surface area is 125 Å². The Kier molecular flexibility index (Phi) is 4.18. The minimum absolute atomic E-state index is 0.247. The van der Waals surface area contributed by atoms with E-state index in [0.717, 1.165) is 0 Å². The molecule has 0 atom stereocenters. The lowest BCUT2D eigenvalue weighted by Gasteiger charge is -2.12. The maximum Gasteiger partial charge on any atom is 0.434 e. The molecule has 2 rings (SSSR count). The number of halogens is 5. The number of rotatable bonds is 3. The molecule has 2 N–H and O–H groups in total. The third-order valence-electron chi connectivity index (χ3n) is 2.49.